The molecule has 0 saturated carbocycles. The Morgan fingerprint density at radius 2 is 2.38 bits per heavy atom. The van der Waals surface area contributed by atoms with E-state index in [1.165, 1.54) is 11.5 Å². The summed E-state index contributed by atoms with van der Waals surface area (Å²) in [5.41, 5.74) is 5.89. The fourth-order valence-electron chi connectivity index (χ4n) is 1.16. The Hall–Kier alpha value is -0.680. The lowest BCUT2D eigenvalue weighted by molar-refractivity contribution is 0.508. The fraction of sp³-hybridized carbons (Fsp3) is 0.750. The minimum atomic E-state index is 0.198. The summed E-state index contributed by atoms with van der Waals surface area (Å²) in [5, 5.41) is 4.00. The second-order valence-electron chi connectivity index (χ2n) is 3.52. The maximum absolute atomic E-state index is 5.89. The predicted octanol–water partition coefficient (Wildman–Crippen LogP) is 1.32. The number of nitrogens with one attached hydrogen (secondary N) is 1. The quantitative estimate of drug-likeness (QED) is 0.752. The Morgan fingerprint density at radius 3 is 2.92 bits per heavy atom. The number of aromatic nitrogens is 2. The molecule has 1 unspecified atom stereocenters. The summed E-state index contributed by atoms with van der Waals surface area (Å²) in [6.45, 7) is 5.11. The molecular weight excluding hydrogens is 184 g/mol. The molecule has 1 aromatic rings. The first kappa shape index (κ1) is 10.4. The van der Waals surface area contributed by atoms with Gasteiger partial charge in [-0.2, -0.15) is 4.37 Å². The molecule has 0 aromatic carbocycles. The Bertz CT molecular complexity index is 222. The maximum atomic E-state index is 5.89. The fourth-order valence-corrected chi connectivity index (χ4v) is 1.59. The van der Waals surface area contributed by atoms with Crippen LogP contribution < -0.4 is 11.1 Å². The molecular formula is C8H16N4S. The van der Waals surface area contributed by atoms with Crippen LogP contribution in [-0.2, 0) is 0 Å². The second kappa shape index (κ2) is 5.14. The highest BCUT2D eigenvalue weighted by molar-refractivity contribution is 7.09. The van der Waals surface area contributed by atoms with E-state index >= 15 is 0 Å². The van der Waals surface area contributed by atoms with Crippen LogP contribution in [0.3, 0.4) is 0 Å². The van der Waals surface area contributed by atoms with Crippen LogP contribution in [0.15, 0.2) is 6.33 Å². The maximum Gasteiger partial charge on any atom is 0.202 e. The summed E-state index contributed by atoms with van der Waals surface area (Å²) < 4.78 is 3.89. The monoisotopic (exact) mass is 200 g/mol. The average Bonchev–Trinajstić information content (AvgIpc) is 2.51. The van der Waals surface area contributed by atoms with Gasteiger partial charge in [-0.3, -0.25) is 0 Å². The van der Waals surface area contributed by atoms with Crippen molar-refractivity contribution in [1.29, 1.82) is 0 Å². The highest BCUT2D eigenvalue weighted by Crippen LogP contribution is 2.08. The lowest BCUT2D eigenvalue weighted by atomic mass is 10.1. The first-order valence-corrected chi connectivity index (χ1v) is 5.22. The summed E-state index contributed by atoms with van der Waals surface area (Å²) >= 11 is 1.36. The van der Waals surface area contributed by atoms with E-state index < -0.39 is 0 Å². The third kappa shape index (κ3) is 4.19. The van der Waals surface area contributed by atoms with Crippen molar-refractivity contribution in [3.05, 3.63) is 6.33 Å². The molecule has 5 heteroatoms. The SMILES string of the molecule is CC(C)CC(N)CNc1ncns1. The molecule has 0 aliphatic heterocycles. The van der Waals surface area contributed by atoms with Gasteiger partial charge in [-0.25, -0.2) is 4.98 Å². The van der Waals surface area contributed by atoms with Crippen LogP contribution in [0.25, 0.3) is 0 Å². The van der Waals surface area contributed by atoms with Gasteiger partial charge in [0.05, 0.1) is 0 Å². The molecule has 0 saturated heterocycles. The number of rotatable bonds is 5. The molecule has 0 aliphatic carbocycles. The largest absolute Gasteiger partial charge is 0.359 e. The summed E-state index contributed by atoms with van der Waals surface area (Å²) in [4.78, 5) is 4.01. The zero-order valence-corrected chi connectivity index (χ0v) is 8.84. The van der Waals surface area contributed by atoms with E-state index in [-0.39, 0.29) is 6.04 Å². The first-order chi connectivity index (χ1) is 6.18. The van der Waals surface area contributed by atoms with Crippen LogP contribution in [0.5, 0.6) is 0 Å². The van der Waals surface area contributed by atoms with Crippen LogP contribution in [0.4, 0.5) is 5.13 Å². The zero-order valence-electron chi connectivity index (χ0n) is 8.03. The molecule has 1 atom stereocenters. The molecule has 1 rings (SSSR count). The van der Waals surface area contributed by atoms with Crippen molar-refractivity contribution in [2.45, 2.75) is 26.3 Å². The molecule has 1 aromatic heterocycles. The second-order valence-corrected chi connectivity index (χ2v) is 4.30. The number of nitrogens with two attached hydrogens (primary N) is 1. The number of hydrogen-bond donors (Lipinski definition) is 2. The van der Waals surface area contributed by atoms with E-state index in [0.29, 0.717) is 5.92 Å². The van der Waals surface area contributed by atoms with Crippen LogP contribution >= 0.6 is 11.5 Å². The molecule has 0 radical (unpaired) electrons. The Morgan fingerprint density at radius 1 is 1.62 bits per heavy atom. The summed E-state index contributed by atoms with van der Waals surface area (Å²) in [7, 11) is 0. The van der Waals surface area contributed by atoms with E-state index in [9.17, 15) is 0 Å². The molecule has 0 spiro atoms. The van der Waals surface area contributed by atoms with Gasteiger partial charge in [0.15, 0.2) is 0 Å². The Balaban J connectivity index is 2.19. The van der Waals surface area contributed by atoms with Crippen molar-refractivity contribution in [3.63, 3.8) is 0 Å². The van der Waals surface area contributed by atoms with Crippen molar-refractivity contribution < 1.29 is 0 Å². The van der Waals surface area contributed by atoms with Gasteiger partial charge in [0, 0.05) is 24.1 Å². The van der Waals surface area contributed by atoms with Gasteiger partial charge in [-0.05, 0) is 12.3 Å². The summed E-state index contributed by atoms with van der Waals surface area (Å²) in [5.74, 6) is 0.645. The topological polar surface area (TPSA) is 63.8 Å². The predicted molar refractivity (Wildman–Crippen MR) is 55.8 cm³/mol. The van der Waals surface area contributed by atoms with Gasteiger partial charge in [0.1, 0.15) is 6.33 Å². The van der Waals surface area contributed by atoms with Gasteiger partial charge in [-0.15, -0.1) is 0 Å². The van der Waals surface area contributed by atoms with Crippen LogP contribution in [0, 0.1) is 5.92 Å². The highest BCUT2D eigenvalue weighted by atomic mass is 32.1. The van der Waals surface area contributed by atoms with Crippen molar-refractivity contribution in [3.8, 4) is 0 Å². The van der Waals surface area contributed by atoms with Gasteiger partial charge >= 0.3 is 0 Å². The first-order valence-electron chi connectivity index (χ1n) is 4.44. The normalized spacial score (nSPS) is 13.2. The van der Waals surface area contributed by atoms with Gasteiger partial charge in [-0.1, -0.05) is 13.8 Å². The van der Waals surface area contributed by atoms with E-state index in [0.717, 1.165) is 18.1 Å². The molecule has 13 heavy (non-hydrogen) atoms. The average molecular weight is 200 g/mol. The standard InChI is InChI=1S/C8H16N4S/c1-6(2)3-7(9)4-10-8-11-5-12-13-8/h5-7H,3-4,9H2,1-2H3,(H,10,11,12). The van der Waals surface area contributed by atoms with E-state index in [2.05, 4.69) is 28.5 Å². The van der Waals surface area contributed by atoms with Crippen molar-refractivity contribution >= 4 is 16.7 Å². The van der Waals surface area contributed by atoms with Gasteiger partial charge in [0.25, 0.3) is 0 Å². The van der Waals surface area contributed by atoms with Gasteiger partial charge in [0.2, 0.25) is 5.13 Å². The lowest BCUT2D eigenvalue weighted by Gasteiger charge is -2.13. The highest BCUT2D eigenvalue weighted by Gasteiger charge is 2.05. The number of hydrogen-bond acceptors (Lipinski definition) is 5. The molecule has 0 aliphatic rings. The molecule has 3 N–H and O–H groups in total. The molecule has 1 heterocycles. The van der Waals surface area contributed by atoms with Crippen LogP contribution in [0.1, 0.15) is 20.3 Å². The van der Waals surface area contributed by atoms with E-state index in [4.69, 9.17) is 5.73 Å². The summed E-state index contributed by atoms with van der Waals surface area (Å²) in [6.07, 6.45) is 2.58. The minimum Gasteiger partial charge on any atom is -0.359 e. The Labute approximate surface area is 82.7 Å². The zero-order chi connectivity index (χ0) is 9.68. The molecule has 0 amide bonds. The third-order valence-corrected chi connectivity index (χ3v) is 2.27. The number of nitrogens with zero attached hydrogens (tertiary/aromatic N) is 2. The third-order valence-electron chi connectivity index (χ3n) is 1.65. The van der Waals surface area contributed by atoms with E-state index in [1.54, 1.807) is 6.33 Å². The van der Waals surface area contributed by atoms with Crippen molar-refractivity contribution in [2.75, 3.05) is 11.9 Å². The van der Waals surface area contributed by atoms with Crippen molar-refractivity contribution in [1.82, 2.24) is 9.36 Å². The Kier molecular flexibility index (Phi) is 4.11. The minimum absolute atomic E-state index is 0.198. The van der Waals surface area contributed by atoms with Crippen LogP contribution in [0.2, 0.25) is 0 Å². The lowest BCUT2D eigenvalue weighted by Crippen LogP contribution is -2.30. The van der Waals surface area contributed by atoms with Crippen molar-refractivity contribution in [2.24, 2.45) is 11.7 Å². The number of anilines is 1. The van der Waals surface area contributed by atoms with Gasteiger partial charge < -0.3 is 11.1 Å². The molecule has 74 valence electrons. The van der Waals surface area contributed by atoms with Crippen LogP contribution in [-0.4, -0.2) is 21.9 Å². The summed E-state index contributed by atoms with van der Waals surface area (Å²) in [6, 6.07) is 0.198. The molecule has 0 fully saturated rings. The van der Waals surface area contributed by atoms with E-state index in [1.807, 2.05) is 0 Å². The molecule has 0 bridgehead atoms. The molecule has 4 nitrogen and oxygen atoms in total. The smallest absolute Gasteiger partial charge is 0.202 e.